The summed E-state index contributed by atoms with van der Waals surface area (Å²) in [6.45, 7) is 0. The molecule has 1 nitrogen and oxygen atoms in total. The highest BCUT2D eigenvalue weighted by Gasteiger charge is 2.03. The predicted octanol–water partition coefficient (Wildman–Crippen LogP) is 3.14. The largest absolute Gasteiger partial charge is 0.471 e. The lowest BCUT2D eigenvalue weighted by Crippen LogP contribution is -1.88. The molecule has 0 unspecified atom stereocenters. The quantitative estimate of drug-likeness (QED) is 0.551. The van der Waals surface area contributed by atoms with E-state index >= 15 is 0 Å². The normalized spacial score (nSPS) is 16.9. The van der Waals surface area contributed by atoms with E-state index in [2.05, 4.69) is 11.8 Å². The third-order valence-electron chi connectivity index (χ3n) is 2.46. The van der Waals surface area contributed by atoms with Gasteiger partial charge in [0.1, 0.15) is 6.26 Å². The Hall–Kier alpha value is -1.16. The first-order valence-corrected chi connectivity index (χ1v) is 5.01. The third kappa shape index (κ3) is 2.15. The molecular formula is C12H14O. The van der Waals surface area contributed by atoms with Crippen LogP contribution in [0, 0.1) is 11.8 Å². The van der Waals surface area contributed by atoms with Gasteiger partial charge in [-0.25, -0.2) is 0 Å². The minimum absolute atomic E-state index is 1.03. The average Bonchev–Trinajstić information content (AvgIpc) is 2.59. The zero-order valence-electron chi connectivity index (χ0n) is 7.81. The topological polar surface area (TPSA) is 13.1 Å². The zero-order chi connectivity index (χ0) is 8.93. The first kappa shape index (κ1) is 8.44. The molecule has 0 atom stereocenters. The number of hydrogen-bond acceptors (Lipinski definition) is 1. The van der Waals surface area contributed by atoms with Gasteiger partial charge in [0.2, 0.25) is 0 Å². The van der Waals surface area contributed by atoms with Crippen LogP contribution in [0.1, 0.15) is 43.2 Å². The van der Waals surface area contributed by atoms with Crippen molar-refractivity contribution >= 4 is 0 Å². The number of hydrogen-bond donors (Lipinski definition) is 0. The van der Waals surface area contributed by atoms with Gasteiger partial charge in [-0.2, -0.15) is 0 Å². The molecule has 0 spiro atoms. The van der Waals surface area contributed by atoms with Crippen molar-refractivity contribution in [3.05, 3.63) is 23.7 Å². The smallest absolute Gasteiger partial charge is 0.106 e. The van der Waals surface area contributed by atoms with Gasteiger partial charge in [-0.05, 0) is 19.3 Å². The molecule has 1 heterocycles. The molecule has 0 saturated carbocycles. The summed E-state index contributed by atoms with van der Waals surface area (Å²) < 4.78 is 5.16. The lowest BCUT2D eigenvalue weighted by molar-refractivity contribution is 0.561. The highest BCUT2D eigenvalue weighted by Crippen LogP contribution is 2.15. The molecule has 0 aliphatic heterocycles. The molecule has 13 heavy (non-hydrogen) atoms. The van der Waals surface area contributed by atoms with Gasteiger partial charge in [0.25, 0.3) is 0 Å². The Balaban J connectivity index is 2.19. The second-order valence-electron chi connectivity index (χ2n) is 3.53. The van der Waals surface area contributed by atoms with Crippen LogP contribution in [0.2, 0.25) is 0 Å². The van der Waals surface area contributed by atoms with E-state index in [0.29, 0.717) is 0 Å². The SMILES string of the molecule is C1#Cc2cocc2CCCCCC1. The van der Waals surface area contributed by atoms with Crippen LogP contribution in [-0.4, -0.2) is 0 Å². The Kier molecular flexibility index (Phi) is 2.72. The minimum atomic E-state index is 1.03. The van der Waals surface area contributed by atoms with Crippen LogP contribution in [0.4, 0.5) is 0 Å². The van der Waals surface area contributed by atoms with Crippen LogP contribution in [0.3, 0.4) is 0 Å². The van der Waals surface area contributed by atoms with Crippen LogP contribution in [0.5, 0.6) is 0 Å². The summed E-state index contributed by atoms with van der Waals surface area (Å²) in [5.74, 6) is 6.36. The van der Waals surface area contributed by atoms with E-state index in [1.165, 1.54) is 31.2 Å². The van der Waals surface area contributed by atoms with Crippen molar-refractivity contribution in [2.75, 3.05) is 0 Å². The average molecular weight is 174 g/mol. The lowest BCUT2D eigenvalue weighted by Gasteiger charge is -2.00. The Labute approximate surface area is 79.1 Å². The number of furan rings is 1. The fourth-order valence-corrected chi connectivity index (χ4v) is 1.67. The summed E-state index contributed by atoms with van der Waals surface area (Å²) in [7, 11) is 0. The van der Waals surface area contributed by atoms with Crippen molar-refractivity contribution in [2.24, 2.45) is 0 Å². The molecule has 0 N–H and O–H groups in total. The summed E-state index contributed by atoms with van der Waals surface area (Å²) in [4.78, 5) is 0. The van der Waals surface area contributed by atoms with E-state index < -0.39 is 0 Å². The van der Waals surface area contributed by atoms with Crippen LogP contribution in [-0.2, 0) is 6.42 Å². The van der Waals surface area contributed by atoms with Crippen LogP contribution in [0.15, 0.2) is 16.9 Å². The van der Waals surface area contributed by atoms with E-state index in [4.69, 9.17) is 4.42 Å². The molecule has 0 amide bonds. The van der Waals surface area contributed by atoms with Crippen molar-refractivity contribution in [1.82, 2.24) is 0 Å². The molecule has 0 radical (unpaired) electrons. The molecule has 0 fully saturated rings. The summed E-state index contributed by atoms with van der Waals surface area (Å²) >= 11 is 0. The number of fused-ring (bicyclic) bond motifs is 1. The van der Waals surface area contributed by atoms with Gasteiger partial charge in [0.15, 0.2) is 0 Å². The van der Waals surface area contributed by atoms with E-state index in [1.54, 1.807) is 6.26 Å². The Morgan fingerprint density at radius 3 is 3.00 bits per heavy atom. The van der Waals surface area contributed by atoms with Crippen molar-refractivity contribution < 1.29 is 4.42 Å². The van der Waals surface area contributed by atoms with E-state index in [-0.39, 0.29) is 0 Å². The summed E-state index contributed by atoms with van der Waals surface area (Å²) in [6, 6.07) is 0. The van der Waals surface area contributed by atoms with Crippen molar-refractivity contribution in [2.45, 2.75) is 38.5 Å². The van der Waals surface area contributed by atoms with Gasteiger partial charge in [-0.15, -0.1) is 0 Å². The van der Waals surface area contributed by atoms with Crippen molar-refractivity contribution in [3.8, 4) is 11.8 Å². The molecular weight excluding hydrogens is 160 g/mol. The van der Waals surface area contributed by atoms with Crippen molar-refractivity contribution in [3.63, 3.8) is 0 Å². The second kappa shape index (κ2) is 4.18. The van der Waals surface area contributed by atoms with E-state index in [0.717, 1.165) is 18.4 Å². The first-order valence-electron chi connectivity index (χ1n) is 5.01. The molecule has 1 aromatic rings. The molecule has 1 aliphatic carbocycles. The minimum Gasteiger partial charge on any atom is -0.471 e. The Morgan fingerprint density at radius 1 is 1.08 bits per heavy atom. The molecule has 2 rings (SSSR count). The van der Waals surface area contributed by atoms with Gasteiger partial charge in [-0.3, -0.25) is 0 Å². The van der Waals surface area contributed by atoms with Crippen LogP contribution >= 0.6 is 0 Å². The fourth-order valence-electron chi connectivity index (χ4n) is 1.67. The Bertz CT molecular complexity index is 324. The zero-order valence-corrected chi connectivity index (χ0v) is 7.81. The second-order valence-corrected chi connectivity index (χ2v) is 3.53. The van der Waals surface area contributed by atoms with Gasteiger partial charge < -0.3 is 4.42 Å². The third-order valence-corrected chi connectivity index (χ3v) is 2.46. The van der Waals surface area contributed by atoms with Gasteiger partial charge in [0.05, 0.1) is 11.8 Å². The summed E-state index contributed by atoms with van der Waals surface area (Å²) in [5.41, 5.74) is 2.39. The number of rotatable bonds is 0. The lowest BCUT2D eigenvalue weighted by atomic mass is 10.0. The first-order chi connectivity index (χ1) is 6.47. The predicted molar refractivity (Wildman–Crippen MR) is 52.4 cm³/mol. The molecule has 1 heteroatoms. The number of aryl methyl sites for hydroxylation is 1. The van der Waals surface area contributed by atoms with E-state index in [1.807, 2.05) is 6.26 Å². The summed E-state index contributed by atoms with van der Waals surface area (Å²) in [5, 5.41) is 0. The van der Waals surface area contributed by atoms with Gasteiger partial charge >= 0.3 is 0 Å². The maximum atomic E-state index is 5.16. The maximum Gasteiger partial charge on any atom is 0.106 e. The monoisotopic (exact) mass is 174 g/mol. The van der Waals surface area contributed by atoms with Gasteiger partial charge in [-0.1, -0.05) is 24.7 Å². The van der Waals surface area contributed by atoms with Crippen LogP contribution < -0.4 is 0 Å². The molecule has 0 saturated heterocycles. The summed E-state index contributed by atoms with van der Waals surface area (Å²) in [6.07, 6.45) is 10.9. The highest BCUT2D eigenvalue weighted by molar-refractivity contribution is 5.38. The molecule has 1 aromatic heterocycles. The molecule has 1 aliphatic rings. The maximum absolute atomic E-state index is 5.16. The highest BCUT2D eigenvalue weighted by atomic mass is 16.3. The van der Waals surface area contributed by atoms with Gasteiger partial charge in [0, 0.05) is 12.0 Å². The molecule has 68 valence electrons. The van der Waals surface area contributed by atoms with Crippen LogP contribution in [0.25, 0.3) is 0 Å². The molecule has 0 aromatic carbocycles. The van der Waals surface area contributed by atoms with E-state index in [9.17, 15) is 0 Å². The fraction of sp³-hybridized carbons (Fsp3) is 0.500. The standard InChI is InChI=1S/C12H14O/c1-2-4-6-8-12-10-13-9-11(12)7-5-3-1/h9-10H,1-5,7H2. The van der Waals surface area contributed by atoms with Crippen molar-refractivity contribution in [1.29, 1.82) is 0 Å². The molecule has 0 bridgehead atoms. The Morgan fingerprint density at radius 2 is 2.00 bits per heavy atom.